The van der Waals surface area contributed by atoms with E-state index in [1.165, 1.54) is 24.3 Å². The third-order valence-corrected chi connectivity index (χ3v) is 9.43. The molecule has 0 radical (unpaired) electrons. The molecule has 55 heavy (non-hydrogen) atoms. The summed E-state index contributed by atoms with van der Waals surface area (Å²) in [4.78, 5) is 26.3. The summed E-state index contributed by atoms with van der Waals surface area (Å²) in [5, 5.41) is 30.0. The molecule has 0 unspecified atom stereocenters. The van der Waals surface area contributed by atoms with E-state index in [9.17, 15) is 28.2 Å². The fourth-order valence-corrected chi connectivity index (χ4v) is 6.53. The van der Waals surface area contributed by atoms with Crippen molar-refractivity contribution in [2.45, 2.75) is 10.8 Å². The standard InChI is InChI=1S/C38H35N3O13S/c1-55(46,47)37-41-40-35(53-37)23-2-7-27(8-3-23)51-19-18-50-17-16-49-15-14-48-13-12-39-34(44)24-4-9-28-31(20-24)38(54-36(28)45)29-10-5-25(42)21-32(29)52-33-22-26(43)6-11-30(33)38/h2-11,20-22,42-43H,12-19H2,1H3,(H,39,44). The van der Waals surface area contributed by atoms with Gasteiger partial charge in [0.1, 0.15) is 35.4 Å². The van der Waals surface area contributed by atoms with E-state index >= 15 is 0 Å². The van der Waals surface area contributed by atoms with Crippen molar-refractivity contribution in [3.63, 3.8) is 0 Å². The number of nitrogens with zero attached hydrogens (tertiary/aromatic N) is 2. The van der Waals surface area contributed by atoms with Crippen LogP contribution in [0.4, 0.5) is 0 Å². The van der Waals surface area contributed by atoms with Crippen molar-refractivity contribution in [2.75, 3.05) is 59.0 Å². The van der Waals surface area contributed by atoms with Crippen LogP contribution in [0.15, 0.2) is 88.5 Å². The number of aromatic nitrogens is 2. The van der Waals surface area contributed by atoms with Gasteiger partial charge in [0, 0.05) is 52.8 Å². The zero-order chi connectivity index (χ0) is 38.6. The van der Waals surface area contributed by atoms with Crippen LogP contribution in [0.25, 0.3) is 11.5 Å². The van der Waals surface area contributed by atoms with Gasteiger partial charge in [-0.15, -0.1) is 5.10 Å². The summed E-state index contributed by atoms with van der Waals surface area (Å²) in [6.07, 6.45) is 0.990. The molecule has 7 rings (SSSR count). The van der Waals surface area contributed by atoms with Gasteiger partial charge in [0.2, 0.25) is 15.7 Å². The van der Waals surface area contributed by atoms with Gasteiger partial charge in [-0.1, -0.05) is 5.10 Å². The van der Waals surface area contributed by atoms with Crippen LogP contribution >= 0.6 is 0 Å². The first kappa shape index (κ1) is 37.3. The second-order valence-corrected chi connectivity index (χ2v) is 14.3. The molecule has 4 aromatic carbocycles. The highest BCUT2D eigenvalue weighted by Crippen LogP contribution is 2.57. The second kappa shape index (κ2) is 15.8. The number of rotatable bonds is 16. The summed E-state index contributed by atoms with van der Waals surface area (Å²) in [7, 11) is -3.58. The number of nitrogens with one attached hydrogen (secondary N) is 1. The Bertz CT molecular complexity index is 2280. The van der Waals surface area contributed by atoms with Gasteiger partial charge in [-0.25, -0.2) is 13.2 Å². The summed E-state index contributed by atoms with van der Waals surface area (Å²) < 4.78 is 62.6. The Hall–Kier alpha value is -6.01. The minimum Gasteiger partial charge on any atom is -0.508 e. The maximum Gasteiger partial charge on any atom is 0.340 e. The summed E-state index contributed by atoms with van der Waals surface area (Å²) in [5.41, 5.74) is 0.999. The van der Waals surface area contributed by atoms with Crippen molar-refractivity contribution in [2.24, 2.45) is 0 Å². The SMILES string of the molecule is CS(=O)(=O)c1nnc(-c2ccc(OCCOCCOCCOCCNC(=O)c3ccc4c(c3)C3(OC4=O)c4ccc(O)cc4Oc4cc(O)ccc43)cc2)o1. The lowest BCUT2D eigenvalue weighted by Crippen LogP contribution is -2.33. The smallest absolute Gasteiger partial charge is 0.340 e. The van der Waals surface area contributed by atoms with Gasteiger partial charge in [-0.3, -0.25) is 4.79 Å². The average Bonchev–Trinajstić information content (AvgIpc) is 3.78. The molecule has 1 spiro atoms. The number of phenolic OH excluding ortho intramolecular Hbond substituents is 2. The molecule has 0 aliphatic carbocycles. The van der Waals surface area contributed by atoms with Gasteiger partial charge in [-0.05, 0) is 66.7 Å². The van der Waals surface area contributed by atoms with Crippen LogP contribution in [-0.4, -0.2) is 99.8 Å². The number of sulfone groups is 1. The number of esters is 1. The predicted molar refractivity (Wildman–Crippen MR) is 191 cm³/mol. The monoisotopic (exact) mass is 773 g/mol. The molecule has 2 aliphatic rings. The number of benzene rings is 4. The zero-order valence-electron chi connectivity index (χ0n) is 29.4. The summed E-state index contributed by atoms with van der Waals surface area (Å²) in [6.45, 7) is 2.44. The molecule has 1 amide bonds. The molecule has 5 aromatic rings. The number of hydrogen-bond donors (Lipinski definition) is 3. The predicted octanol–water partition coefficient (Wildman–Crippen LogP) is 3.98. The maximum absolute atomic E-state index is 13.2. The number of amides is 1. The van der Waals surface area contributed by atoms with E-state index in [0.717, 1.165) is 6.26 Å². The van der Waals surface area contributed by atoms with Crippen molar-refractivity contribution in [1.29, 1.82) is 0 Å². The molecule has 0 bridgehead atoms. The molecule has 0 fully saturated rings. The lowest BCUT2D eigenvalue weighted by Gasteiger charge is -2.36. The Morgan fingerprint density at radius 3 is 2.00 bits per heavy atom. The Morgan fingerprint density at radius 1 is 0.764 bits per heavy atom. The highest BCUT2D eigenvalue weighted by atomic mass is 32.2. The number of phenols is 2. The Morgan fingerprint density at radius 2 is 1.38 bits per heavy atom. The number of hydrogen-bond acceptors (Lipinski definition) is 15. The van der Waals surface area contributed by atoms with Crippen LogP contribution in [0.2, 0.25) is 0 Å². The van der Waals surface area contributed by atoms with Crippen molar-refractivity contribution in [3.8, 4) is 40.2 Å². The number of ether oxygens (including phenoxy) is 6. The molecule has 0 saturated carbocycles. The molecule has 0 atom stereocenters. The molecule has 3 heterocycles. The van der Waals surface area contributed by atoms with Gasteiger partial charge in [0.25, 0.3) is 5.91 Å². The van der Waals surface area contributed by atoms with Crippen LogP contribution in [0, 0.1) is 0 Å². The van der Waals surface area contributed by atoms with Gasteiger partial charge in [0.15, 0.2) is 5.60 Å². The van der Waals surface area contributed by atoms with Crippen LogP contribution in [0.3, 0.4) is 0 Å². The number of carbonyl (C=O) groups excluding carboxylic acids is 2. The van der Waals surface area contributed by atoms with E-state index in [1.807, 2.05) is 0 Å². The molecule has 2 aliphatic heterocycles. The van der Waals surface area contributed by atoms with E-state index in [4.69, 9.17) is 32.8 Å². The first-order valence-electron chi connectivity index (χ1n) is 17.0. The molecule has 17 heteroatoms. The van der Waals surface area contributed by atoms with Crippen LogP contribution in [0.5, 0.6) is 28.7 Å². The van der Waals surface area contributed by atoms with E-state index < -0.39 is 26.6 Å². The van der Waals surface area contributed by atoms with Gasteiger partial charge in [0.05, 0.1) is 45.2 Å². The first-order chi connectivity index (χ1) is 26.5. The molecule has 1 aromatic heterocycles. The third-order valence-electron chi connectivity index (χ3n) is 8.63. The molecule has 286 valence electrons. The molecule has 0 saturated heterocycles. The summed E-state index contributed by atoms with van der Waals surface area (Å²) >= 11 is 0. The molecule has 3 N–H and O–H groups in total. The summed E-state index contributed by atoms with van der Waals surface area (Å²) in [5.74, 6) is 0.0739. The summed E-state index contributed by atoms with van der Waals surface area (Å²) in [6, 6.07) is 20.4. The highest BCUT2D eigenvalue weighted by Gasteiger charge is 2.54. The number of fused-ring (bicyclic) bond motifs is 6. The van der Waals surface area contributed by atoms with Crippen molar-refractivity contribution < 1.29 is 61.1 Å². The quantitative estimate of drug-likeness (QED) is 0.0955. The second-order valence-electron chi connectivity index (χ2n) is 12.4. The minimum atomic E-state index is -3.58. The molecular formula is C38H35N3O13S. The average molecular weight is 774 g/mol. The number of carbonyl (C=O) groups is 2. The zero-order valence-corrected chi connectivity index (χ0v) is 30.2. The first-order valence-corrected chi connectivity index (χ1v) is 18.9. The van der Waals surface area contributed by atoms with E-state index in [0.29, 0.717) is 73.2 Å². The van der Waals surface area contributed by atoms with Crippen molar-refractivity contribution in [1.82, 2.24) is 15.5 Å². The highest BCUT2D eigenvalue weighted by molar-refractivity contribution is 7.90. The van der Waals surface area contributed by atoms with Crippen LogP contribution in [0.1, 0.15) is 37.4 Å². The normalized spacial score (nSPS) is 13.7. The molecular weight excluding hydrogens is 738 g/mol. The van der Waals surface area contributed by atoms with Crippen molar-refractivity contribution in [3.05, 3.63) is 107 Å². The largest absolute Gasteiger partial charge is 0.508 e. The fraction of sp³-hybridized carbons (Fsp3) is 0.263. The fourth-order valence-electron chi connectivity index (χ4n) is 6.11. The lowest BCUT2D eigenvalue weighted by molar-refractivity contribution is 0.00988. The van der Waals surface area contributed by atoms with Crippen LogP contribution < -0.4 is 14.8 Å². The topological polar surface area (TPSA) is 215 Å². The van der Waals surface area contributed by atoms with Crippen LogP contribution in [-0.2, 0) is 34.4 Å². The van der Waals surface area contributed by atoms with Gasteiger partial charge >= 0.3 is 11.2 Å². The van der Waals surface area contributed by atoms with E-state index in [1.54, 1.807) is 54.6 Å². The molecule has 16 nitrogen and oxygen atoms in total. The van der Waals surface area contributed by atoms with E-state index in [-0.39, 0.29) is 53.5 Å². The van der Waals surface area contributed by atoms with Crippen molar-refractivity contribution >= 4 is 21.7 Å². The minimum absolute atomic E-state index is 0.0586. The third kappa shape index (κ3) is 7.95. The number of aromatic hydroxyl groups is 2. The maximum atomic E-state index is 13.2. The Labute approximate surface area is 314 Å². The Balaban J connectivity index is 0.809. The van der Waals surface area contributed by atoms with Gasteiger partial charge in [-0.2, -0.15) is 0 Å². The van der Waals surface area contributed by atoms with E-state index in [2.05, 4.69) is 15.5 Å². The Kier molecular flexibility index (Phi) is 10.7. The lowest BCUT2D eigenvalue weighted by atomic mass is 9.77. The van der Waals surface area contributed by atoms with Gasteiger partial charge < -0.3 is 48.4 Å².